The fourth-order valence-electron chi connectivity index (χ4n) is 0. The fourth-order valence-corrected chi connectivity index (χ4v) is 0. The van der Waals surface area contributed by atoms with Crippen molar-refractivity contribution >= 4 is 5.91 Å². The molecule has 0 bridgehead atoms. The van der Waals surface area contributed by atoms with Gasteiger partial charge in [-0.1, -0.05) is 7.43 Å². The third-order valence-electron chi connectivity index (χ3n) is 0.352. The van der Waals surface area contributed by atoms with Crippen molar-refractivity contribution in [1.82, 2.24) is 5.32 Å². The van der Waals surface area contributed by atoms with Crippen molar-refractivity contribution in [3.8, 4) is 0 Å². The topological polar surface area (TPSA) is 29.1 Å². The van der Waals surface area contributed by atoms with Gasteiger partial charge in [-0.25, -0.2) is 0 Å². The van der Waals surface area contributed by atoms with Gasteiger partial charge in [-0.15, -0.1) is 0 Å². The zero-order valence-corrected chi connectivity index (χ0v) is 10.2. The van der Waals surface area contributed by atoms with Crippen LogP contribution in [0, 0.1) is 13.8 Å². The van der Waals surface area contributed by atoms with Crippen LogP contribution < -0.4 is 5.32 Å². The Bertz CT molecular complexity index is 49.4. The van der Waals surface area contributed by atoms with Crippen molar-refractivity contribution in [2.45, 2.75) is 28.2 Å². The summed E-state index contributed by atoms with van der Waals surface area (Å²) >= 11 is 0. The van der Waals surface area contributed by atoms with Gasteiger partial charge in [0.15, 0.2) is 0 Å². The summed E-state index contributed by atoms with van der Waals surface area (Å²) in [4.78, 5) is 9.70. The Hall–Kier alpha value is 0.574. The Morgan fingerprint density at radius 2 is 1.27 bits per heavy atom. The summed E-state index contributed by atoms with van der Waals surface area (Å²) in [6, 6.07) is 0. The maximum Gasteiger partial charge on any atom is 0.216 e. The van der Waals surface area contributed by atoms with Gasteiger partial charge >= 0.3 is 0 Å². The van der Waals surface area contributed by atoms with Crippen LogP contribution in [0.3, 0.4) is 0 Å². The number of hydrogen-bond donors (Lipinski definition) is 1. The smallest absolute Gasteiger partial charge is 0.216 e. The Morgan fingerprint density at radius 3 is 1.27 bits per heavy atom. The van der Waals surface area contributed by atoms with Crippen molar-refractivity contribution in [2.75, 3.05) is 7.05 Å². The van der Waals surface area contributed by atoms with E-state index in [-0.39, 0.29) is 46.0 Å². The van der Waals surface area contributed by atoms with Crippen molar-refractivity contribution in [1.29, 1.82) is 0 Å². The molecule has 0 saturated heterocycles. The molecule has 1 radical (unpaired) electrons. The standard InChI is InChI=1S/C3H7NO.2C2H5.CH4.Y/c1-3(5)4-2;2*1-2;;/h1-2H3,(H,4,5);2*1H2,2H3;1H4;/q;2*-1;;. The summed E-state index contributed by atoms with van der Waals surface area (Å²) in [5, 5.41) is 2.39. The summed E-state index contributed by atoms with van der Waals surface area (Å²) in [6.45, 7) is 11.5. The first-order valence-electron chi connectivity index (χ1n) is 2.87. The molecule has 0 heterocycles. The number of carbonyl (C=O) groups excluding carboxylic acids is 1. The van der Waals surface area contributed by atoms with E-state index in [4.69, 9.17) is 0 Å². The molecule has 0 aromatic carbocycles. The van der Waals surface area contributed by atoms with Crippen LogP contribution in [0.15, 0.2) is 0 Å². The molecular formula is C8H21NOY-2. The fraction of sp³-hybridized carbons (Fsp3) is 0.625. The molecule has 0 aromatic rings. The van der Waals surface area contributed by atoms with E-state index in [1.165, 1.54) is 6.92 Å². The Kier molecular flexibility index (Phi) is 126. The molecule has 1 amide bonds. The first-order valence-corrected chi connectivity index (χ1v) is 2.87. The minimum Gasteiger partial charge on any atom is -0.359 e. The Morgan fingerprint density at radius 1 is 1.18 bits per heavy atom. The van der Waals surface area contributed by atoms with E-state index >= 15 is 0 Å². The molecule has 0 spiro atoms. The van der Waals surface area contributed by atoms with Crippen LogP contribution in [0.1, 0.15) is 28.2 Å². The SMILES string of the molecule is C.CNC(C)=O.[CH2-]C.[CH2-]C.[Y]. The van der Waals surface area contributed by atoms with Gasteiger partial charge in [-0.05, 0) is 0 Å². The van der Waals surface area contributed by atoms with Gasteiger partial charge in [0.1, 0.15) is 0 Å². The first-order chi connectivity index (χ1) is 4.27. The Balaban J connectivity index is -0.0000000178. The molecule has 69 valence electrons. The van der Waals surface area contributed by atoms with Crippen LogP contribution in [0.2, 0.25) is 0 Å². The van der Waals surface area contributed by atoms with Crippen LogP contribution in [0.25, 0.3) is 0 Å². The van der Waals surface area contributed by atoms with Crippen LogP contribution in [-0.2, 0) is 37.5 Å². The summed E-state index contributed by atoms with van der Waals surface area (Å²) in [7, 11) is 1.60. The molecule has 2 nitrogen and oxygen atoms in total. The van der Waals surface area contributed by atoms with Gasteiger partial charge in [0.05, 0.1) is 0 Å². The predicted molar refractivity (Wildman–Crippen MR) is 48.5 cm³/mol. The van der Waals surface area contributed by atoms with Crippen molar-refractivity contribution in [3.63, 3.8) is 0 Å². The number of amides is 1. The minimum absolute atomic E-state index is 0. The molecule has 0 aliphatic rings. The zero-order chi connectivity index (χ0) is 8.28. The largest absolute Gasteiger partial charge is 0.359 e. The second kappa shape index (κ2) is 46.3. The van der Waals surface area contributed by atoms with Crippen LogP contribution in [0.4, 0.5) is 0 Å². The molecule has 0 rings (SSSR count). The number of carbonyl (C=O) groups is 1. The average Bonchev–Trinajstić information content (AvgIpc) is 1.97. The molecule has 1 N–H and O–H groups in total. The number of nitrogens with one attached hydrogen (secondary N) is 1. The van der Waals surface area contributed by atoms with E-state index in [0.717, 1.165) is 0 Å². The van der Waals surface area contributed by atoms with Gasteiger partial charge in [0.25, 0.3) is 0 Å². The van der Waals surface area contributed by atoms with E-state index in [1.54, 1.807) is 20.9 Å². The summed E-state index contributed by atoms with van der Waals surface area (Å²) < 4.78 is 0. The van der Waals surface area contributed by atoms with E-state index < -0.39 is 0 Å². The predicted octanol–water partition coefficient (Wildman–Crippen LogP) is 2.07. The molecule has 0 aliphatic heterocycles. The molecule has 0 unspecified atom stereocenters. The average molecular weight is 236 g/mol. The monoisotopic (exact) mass is 236 g/mol. The van der Waals surface area contributed by atoms with Gasteiger partial charge in [0.2, 0.25) is 5.91 Å². The Labute approximate surface area is 97.4 Å². The van der Waals surface area contributed by atoms with Gasteiger partial charge in [-0.2, -0.15) is 13.8 Å². The normalized spacial score (nSPS) is 4.18. The van der Waals surface area contributed by atoms with Gasteiger partial charge in [0, 0.05) is 46.7 Å². The van der Waals surface area contributed by atoms with Gasteiger partial charge in [-0.3, -0.25) is 4.79 Å². The maximum absolute atomic E-state index is 9.70. The summed E-state index contributed by atoms with van der Waals surface area (Å²) in [6.07, 6.45) is 0. The molecule has 3 heteroatoms. The molecule has 0 saturated carbocycles. The molecule has 0 fully saturated rings. The van der Waals surface area contributed by atoms with E-state index in [1.807, 2.05) is 0 Å². The molecule has 0 aliphatic carbocycles. The van der Waals surface area contributed by atoms with Crippen LogP contribution in [-0.4, -0.2) is 13.0 Å². The molecule has 11 heavy (non-hydrogen) atoms. The quantitative estimate of drug-likeness (QED) is 0.641. The first kappa shape index (κ1) is 29.9. The van der Waals surface area contributed by atoms with Crippen molar-refractivity contribution in [2.24, 2.45) is 0 Å². The van der Waals surface area contributed by atoms with E-state index in [9.17, 15) is 4.79 Å². The minimum atomic E-state index is 0. The molecular weight excluding hydrogens is 215 g/mol. The van der Waals surface area contributed by atoms with Gasteiger partial charge < -0.3 is 19.2 Å². The van der Waals surface area contributed by atoms with Crippen LogP contribution in [0.5, 0.6) is 0 Å². The summed E-state index contributed by atoms with van der Waals surface area (Å²) in [5.74, 6) is 0.00463. The zero-order valence-electron chi connectivity index (χ0n) is 7.40. The van der Waals surface area contributed by atoms with Crippen molar-refractivity contribution in [3.05, 3.63) is 13.8 Å². The molecule has 0 atom stereocenters. The maximum atomic E-state index is 9.70. The third-order valence-corrected chi connectivity index (χ3v) is 0.352. The van der Waals surface area contributed by atoms with E-state index in [0.29, 0.717) is 0 Å². The number of rotatable bonds is 0. The second-order valence-corrected chi connectivity index (χ2v) is 0.806. The summed E-state index contributed by atoms with van der Waals surface area (Å²) in [5.41, 5.74) is 0. The van der Waals surface area contributed by atoms with E-state index in [2.05, 4.69) is 19.2 Å². The molecule has 0 aromatic heterocycles. The second-order valence-electron chi connectivity index (χ2n) is 0.806. The number of hydrogen-bond acceptors (Lipinski definition) is 1. The third kappa shape index (κ3) is 117. The van der Waals surface area contributed by atoms with Crippen LogP contribution >= 0.6 is 0 Å². The van der Waals surface area contributed by atoms with Crippen molar-refractivity contribution < 1.29 is 37.5 Å².